The van der Waals surface area contributed by atoms with Crippen LogP contribution in [0.4, 0.5) is 5.82 Å². The zero-order valence-corrected chi connectivity index (χ0v) is 26.2. The molecule has 1 aromatic heterocycles. The number of rotatable bonds is 19. The molecule has 0 unspecified atom stereocenters. The first-order valence-corrected chi connectivity index (χ1v) is 15.3. The Labute approximate surface area is 256 Å². The van der Waals surface area contributed by atoms with E-state index in [4.69, 9.17) is 18.9 Å². The molecule has 10 nitrogen and oxygen atoms in total. The number of nitrogens with one attached hydrogen (secondary N) is 1. The van der Waals surface area contributed by atoms with E-state index in [-0.39, 0.29) is 17.7 Å². The van der Waals surface area contributed by atoms with Crippen LogP contribution in [0, 0.1) is 18.3 Å². The Hall–Kier alpha value is -3.21. The Balaban J connectivity index is 1.43. The predicted octanol–water partition coefficient (Wildman–Crippen LogP) is 4.73. The highest BCUT2D eigenvalue weighted by Gasteiger charge is 2.31. The lowest BCUT2D eigenvalue weighted by Crippen LogP contribution is -2.37. The minimum atomic E-state index is -0.980. The van der Waals surface area contributed by atoms with E-state index in [1.807, 2.05) is 37.3 Å². The zero-order valence-electron chi connectivity index (χ0n) is 26.2. The quantitative estimate of drug-likeness (QED) is 0.221. The van der Waals surface area contributed by atoms with Gasteiger partial charge in [0.15, 0.2) is 0 Å². The number of pyridine rings is 1. The summed E-state index contributed by atoms with van der Waals surface area (Å²) in [6.45, 7) is 13.6. The molecule has 2 N–H and O–H groups in total. The molecule has 1 amide bonds. The van der Waals surface area contributed by atoms with Crippen molar-refractivity contribution in [1.82, 2.24) is 9.88 Å². The van der Waals surface area contributed by atoms with E-state index in [1.165, 1.54) is 0 Å². The van der Waals surface area contributed by atoms with Crippen LogP contribution in [0.25, 0.3) is 0 Å². The summed E-state index contributed by atoms with van der Waals surface area (Å²) < 4.78 is 22.9. The molecule has 0 spiro atoms. The lowest BCUT2D eigenvalue weighted by molar-refractivity contribution is -0.145. The van der Waals surface area contributed by atoms with Gasteiger partial charge in [-0.1, -0.05) is 26.8 Å². The minimum absolute atomic E-state index is 0.163. The summed E-state index contributed by atoms with van der Waals surface area (Å²) in [5.41, 5.74) is 3.35. The van der Waals surface area contributed by atoms with E-state index in [0.29, 0.717) is 59.2 Å². The third-order valence-corrected chi connectivity index (χ3v) is 7.14. The Morgan fingerprint density at radius 1 is 1.00 bits per heavy atom. The molecule has 2 aromatic rings. The predicted molar refractivity (Wildman–Crippen MR) is 165 cm³/mol. The van der Waals surface area contributed by atoms with Crippen LogP contribution in [0.15, 0.2) is 36.5 Å². The Kier molecular flexibility index (Phi) is 14.2. The average Bonchev–Trinajstić information content (AvgIpc) is 3.06. The first-order chi connectivity index (χ1) is 20.6. The van der Waals surface area contributed by atoms with Crippen molar-refractivity contribution in [2.24, 2.45) is 11.3 Å². The van der Waals surface area contributed by atoms with Gasteiger partial charge in [0.1, 0.15) is 11.6 Å². The Bertz CT molecular complexity index is 1150. The van der Waals surface area contributed by atoms with Crippen LogP contribution in [-0.4, -0.2) is 86.2 Å². The number of aromatic nitrogens is 1. The summed E-state index contributed by atoms with van der Waals surface area (Å²) in [5, 5.41) is 12.7. The number of carbonyl (C=O) groups excluding carboxylic acids is 1. The maximum atomic E-state index is 13.3. The van der Waals surface area contributed by atoms with Crippen molar-refractivity contribution in [3.63, 3.8) is 0 Å². The van der Waals surface area contributed by atoms with Crippen LogP contribution in [0.1, 0.15) is 56.7 Å². The van der Waals surface area contributed by atoms with Gasteiger partial charge in [0, 0.05) is 32.4 Å². The van der Waals surface area contributed by atoms with Gasteiger partial charge in [-0.25, -0.2) is 4.98 Å². The largest absolute Gasteiger partial charge is 0.494 e. The minimum Gasteiger partial charge on any atom is -0.494 e. The highest BCUT2D eigenvalue weighted by Crippen LogP contribution is 2.28. The zero-order chi connectivity index (χ0) is 31.1. The molecule has 0 bridgehead atoms. The molecule has 1 atom stereocenters. The molecule has 3 rings (SSSR count). The smallest absolute Gasteiger partial charge is 0.304 e. The number of carboxylic acid groups (broad SMARTS) is 1. The fraction of sp³-hybridized carbons (Fsp3) is 0.606. The number of fused-ring (bicyclic) bond motifs is 1. The van der Waals surface area contributed by atoms with Gasteiger partial charge >= 0.3 is 5.97 Å². The second-order valence-electron chi connectivity index (χ2n) is 12.2. The van der Waals surface area contributed by atoms with Gasteiger partial charge < -0.3 is 34.3 Å². The Morgan fingerprint density at radius 2 is 1.72 bits per heavy atom. The summed E-state index contributed by atoms with van der Waals surface area (Å²) in [5.74, 6) is -0.185. The van der Waals surface area contributed by atoms with Crippen molar-refractivity contribution < 1.29 is 33.6 Å². The van der Waals surface area contributed by atoms with E-state index in [1.54, 1.807) is 11.1 Å². The highest BCUT2D eigenvalue weighted by atomic mass is 16.5. The van der Waals surface area contributed by atoms with Crippen LogP contribution in [0.3, 0.4) is 0 Å². The fourth-order valence-corrected chi connectivity index (χ4v) is 4.70. The van der Waals surface area contributed by atoms with Crippen molar-refractivity contribution in [1.29, 1.82) is 0 Å². The monoisotopic (exact) mass is 599 g/mol. The molecule has 0 aliphatic carbocycles. The van der Waals surface area contributed by atoms with Gasteiger partial charge in [0.2, 0.25) is 5.91 Å². The number of benzene rings is 1. The molecule has 0 saturated heterocycles. The number of carbonyl (C=O) groups is 2. The maximum absolute atomic E-state index is 13.3. The number of anilines is 1. The van der Waals surface area contributed by atoms with E-state index in [9.17, 15) is 14.7 Å². The second kappa shape index (κ2) is 17.8. The van der Waals surface area contributed by atoms with Gasteiger partial charge in [-0.3, -0.25) is 9.59 Å². The first-order valence-electron chi connectivity index (χ1n) is 15.3. The molecular formula is C33H49N3O7. The summed E-state index contributed by atoms with van der Waals surface area (Å²) in [7, 11) is 0. The summed E-state index contributed by atoms with van der Waals surface area (Å²) in [6.07, 6.45) is 3.76. The SMILES string of the molecule is Cc1ccnc(NCCCOc2ccc3c(c2)CN(CCOCCOCCOCCC(C)(C)C)C(=O)[C@H](CC(=O)O)C3)c1. The molecule has 0 radical (unpaired) electrons. The number of nitrogens with zero attached hydrogens (tertiary/aromatic N) is 2. The van der Waals surface area contributed by atoms with Crippen LogP contribution in [0.5, 0.6) is 5.75 Å². The topological polar surface area (TPSA) is 119 Å². The number of hydrogen-bond donors (Lipinski definition) is 2. The van der Waals surface area contributed by atoms with Crippen LogP contribution in [-0.2, 0) is 36.8 Å². The highest BCUT2D eigenvalue weighted by molar-refractivity contribution is 5.84. The lowest BCUT2D eigenvalue weighted by Gasteiger charge is -2.24. The molecule has 43 heavy (non-hydrogen) atoms. The van der Waals surface area contributed by atoms with Crippen molar-refractivity contribution in [2.75, 3.05) is 64.7 Å². The first kappa shape index (κ1) is 34.3. The van der Waals surface area contributed by atoms with Crippen LogP contribution < -0.4 is 10.1 Å². The normalized spacial score (nSPS) is 15.2. The standard InChI is InChI=1S/C33H49N3O7/c1-25-8-11-35-30(20-25)34-10-5-13-43-29-7-6-26-21-27(23-31(37)38)32(39)36(24-28(26)22-29)12-15-41-17-19-42-18-16-40-14-9-33(2,3)4/h6-8,11,20,22,27H,5,9-10,12-19,21,23-24H2,1-4H3,(H,34,35)(H,37,38)/t27-/m0/s1. The lowest BCUT2D eigenvalue weighted by atomic mass is 9.93. The third-order valence-electron chi connectivity index (χ3n) is 7.14. The Morgan fingerprint density at radius 3 is 2.42 bits per heavy atom. The van der Waals surface area contributed by atoms with Crippen molar-refractivity contribution in [3.05, 3.63) is 53.2 Å². The molecule has 0 fully saturated rings. The summed E-state index contributed by atoms with van der Waals surface area (Å²) in [4.78, 5) is 30.8. The van der Waals surface area contributed by atoms with E-state index in [0.717, 1.165) is 54.3 Å². The average molecular weight is 600 g/mol. The van der Waals surface area contributed by atoms with E-state index < -0.39 is 11.9 Å². The molecule has 10 heteroatoms. The summed E-state index contributed by atoms with van der Waals surface area (Å²) >= 11 is 0. The van der Waals surface area contributed by atoms with Crippen LogP contribution in [0.2, 0.25) is 0 Å². The maximum Gasteiger partial charge on any atom is 0.304 e. The number of aryl methyl sites for hydroxylation is 1. The van der Waals surface area contributed by atoms with E-state index in [2.05, 4.69) is 31.1 Å². The van der Waals surface area contributed by atoms with Crippen molar-refractivity contribution in [2.45, 2.75) is 59.9 Å². The second-order valence-corrected chi connectivity index (χ2v) is 12.2. The molecule has 0 saturated carbocycles. The van der Waals surface area contributed by atoms with Gasteiger partial charge in [-0.05, 0) is 72.6 Å². The van der Waals surface area contributed by atoms with Crippen molar-refractivity contribution >= 4 is 17.7 Å². The number of hydrogen-bond acceptors (Lipinski definition) is 8. The molecule has 1 aromatic carbocycles. The fourth-order valence-electron chi connectivity index (χ4n) is 4.70. The van der Waals surface area contributed by atoms with Crippen molar-refractivity contribution in [3.8, 4) is 5.75 Å². The van der Waals surface area contributed by atoms with E-state index >= 15 is 0 Å². The van der Waals surface area contributed by atoms with Crippen LogP contribution >= 0.6 is 0 Å². The molecule has 2 heterocycles. The molecular weight excluding hydrogens is 550 g/mol. The number of aliphatic carboxylic acids is 1. The van der Waals surface area contributed by atoms with Gasteiger partial charge in [0.25, 0.3) is 0 Å². The number of carboxylic acids is 1. The third kappa shape index (κ3) is 13.3. The molecule has 238 valence electrons. The van der Waals surface area contributed by atoms with Gasteiger partial charge in [0.05, 0.1) is 52.0 Å². The number of amides is 1. The van der Waals surface area contributed by atoms with Gasteiger partial charge in [-0.2, -0.15) is 0 Å². The number of ether oxygens (including phenoxy) is 4. The van der Waals surface area contributed by atoms with Gasteiger partial charge in [-0.15, -0.1) is 0 Å². The summed E-state index contributed by atoms with van der Waals surface area (Å²) in [6, 6.07) is 9.77. The molecule has 1 aliphatic heterocycles. The molecule has 1 aliphatic rings.